The molecule has 1 unspecified atom stereocenters. The quantitative estimate of drug-likeness (QED) is 0.0193. The summed E-state index contributed by atoms with van der Waals surface area (Å²) in [7, 11) is 0. The Balaban J connectivity index is 1.33. The Bertz CT molecular complexity index is 2180. The first kappa shape index (κ1) is 67.3. The van der Waals surface area contributed by atoms with E-state index in [1.54, 1.807) is 31.7 Å². The van der Waals surface area contributed by atoms with Gasteiger partial charge in [-0.3, -0.25) is 58.7 Å². The van der Waals surface area contributed by atoms with E-state index in [0.29, 0.717) is 57.3 Å². The van der Waals surface area contributed by atoms with Crippen LogP contribution in [0.3, 0.4) is 0 Å². The molecule has 3 rings (SSSR count). The topological polar surface area (TPSA) is 405 Å². The molecule has 1 aromatic rings. The molecule has 28 nitrogen and oxygen atoms in total. The lowest BCUT2D eigenvalue weighted by Gasteiger charge is -2.37. The number of aliphatic imine (C=N–C) groups is 1. The van der Waals surface area contributed by atoms with Gasteiger partial charge < -0.3 is 67.3 Å². The molecule has 3 atom stereocenters. The molecule has 2 saturated heterocycles. The van der Waals surface area contributed by atoms with Crippen molar-refractivity contribution in [2.24, 2.45) is 10.7 Å². The summed E-state index contributed by atoms with van der Waals surface area (Å²) in [6.07, 6.45) is 9.97. The van der Waals surface area contributed by atoms with Gasteiger partial charge in [0, 0.05) is 103 Å². The molecule has 1 aromatic carbocycles. The van der Waals surface area contributed by atoms with E-state index in [0.717, 1.165) is 76.6 Å². The van der Waals surface area contributed by atoms with Crippen molar-refractivity contribution >= 4 is 71.6 Å². The second-order valence-corrected chi connectivity index (χ2v) is 20.3. The third-order valence-electron chi connectivity index (χ3n) is 13.8. The first-order valence-corrected chi connectivity index (χ1v) is 27.5. The molecule has 0 bridgehead atoms. The number of nitrogens with zero attached hydrogens (tertiary/aromatic N) is 7. The van der Waals surface area contributed by atoms with Crippen molar-refractivity contribution in [3.8, 4) is 0 Å². The van der Waals surface area contributed by atoms with Crippen LogP contribution in [-0.4, -0.2) is 255 Å². The van der Waals surface area contributed by atoms with E-state index in [1.807, 2.05) is 17.0 Å². The SMILES string of the molecule is N=C(/N=C(\N)Nc1ccc(CC2CN(CC(=O)O)CCN(CC(=O)O)CCN(CC(=O)O)CCN2CC(=O)O)cc1)N1CCN(CCCCCCCCCCC(=O)NCCCC[C@H](NC(=O)N[C@H](C=O)CCC(=O)O)C(=O)O)CC1. The minimum Gasteiger partial charge on any atom is -0.481 e. The molecule has 28 heteroatoms. The highest BCUT2D eigenvalue weighted by atomic mass is 16.4. The van der Waals surface area contributed by atoms with Gasteiger partial charge in [0.15, 0.2) is 0 Å². The molecular weight excluding hydrogens is 1050 g/mol. The van der Waals surface area contributed by atoms with Gasteiger partial charge >= 0.3 is 41.8 Å². The number of amides is 3. The number of nitrogens with two attached hydrogens (primary N) is 1. The fraction of sp³-hybridized carbons (Fsp3) is 0.673. The van der Waals surface area contributed by atoms with Crippen LogP contribution in [-0.2, 0) is 44.8 Å². The molecule has 0 aliphatic carbocycles. The summed E-state index contributed by atoms with van der Waals surface area (Å²) in [5.41, 5.74) is 7.64. The van der Waals surface area contributed by atoms with E-state index in [1.165, 1.54) is 0 Å². The molecular formula is C52H85N13O15. The van der Waals surface area contributed by atoms with E-state index in [-0.39, 0.29) is 109 Å². The number of aldehydes is 1. The minimum absolute atomic E-state index is 0.0247. The fourth-order valence-electron chi connectivity index (χ4n) is 9.45. The number of piperazine rings is 1. The van der Waals surface area contributed by atoms with Crippen molar-refractivity contribution in [1.82, 2.24) is 45.3 Å². The van der Waals surface area contributed by atoms with Crippen molar-refractivity contribution in [3.05, 3.63) is 29.8 Å². The van der Waals surface area contributed by atoms with Crippen LogP contribution in [0, 0.1) is 5.41 Å². The first-order chi connectivity index (χ1) is 38.2. The van der Waals surface area contributed by atoms with Crippen LogP contribution in [0.1, 0.15) is 95.5 Å². The molecule has 0 aromatic heterocycles. The van der Waals surface area contributed by atoms with Crippen molar-refractivity contribution in [2.75, 3.05) is 117 Å². The van der Waals surface area contributed by atoms with Gasteiger partial charge in [-0.1, -0.05) is 50.7 Å². The van der Waals surface area contributed by atoms with Crippen LogP contribution in [0.4, 0.5) is 10.5 Å². The molecule has 0 saturated carbocycles. The van der Waals surface area contributed by atoms with Crippen LogP contribution in [0.25, 0.3) is 0 Å². The Hall–Kier alpha value is -7.01. The number of guanidine groups is 2. The zero-order chi connectivity index (χ0) is 58.8. The fourth-order valence-corrected chi connectivity index (χ4v) is 9.45. The van der Waals surface area contributed by atoms with Crippen LogP contribution >= 0.6 is 0 Å². The van der Waals surface area contributed by atoms with Gasteiger partial charge in [-0.25, -0.2) is 9.59 Å². The monoisotopic (exact) mass is 1130 g/mol. The van der Waals surface area contributed by atoms with Gasteiger partial charge in [0.25, 0.3) is 0 Å². The summed E-state index contributed by atoms with van der Waals surface area (Å²) >= 11 is 0. The molecule has 448 valence electrons. The van der Waals surface area contributed by atoms with Crippen molar-refractivity contribution in [1.29, 1.82) is 5.41 Å². The van der Waals surface area contributed by atoms with Crippen LogP contribution in [0.15, 0.2) is 29.3 Å². The molecule has 2 fully saturated rings. The zero-order valence-electron chi connectivity index (χ0n) is 45.8. The number of urea groups is 1. The standard InChI is InChI=1S/C52H85N13O15/c53-50(56-39-15-13-38(14-16-39)31-41-32-63(35-47(74)75)24-23-61(33-45(70)71)21-22-62(34-46(72)73)27-30-65(41)36-48(76)77)59-51(54)64-28-25-60(26-29-64)20-10-6-4-2-1-3-5-7-12-43(67)55-19-9-8-11-42(49(78)79)58-52(80)57-40(37-66)17-18-44(68)69/h13-16,37,40-42H,1-12,17-36H2,(H,55,67)(H,68,69)(H,70,71)(H,72,73)(H,74,75)(H,76,77)(H,78,79)(H2,57,58,80)(H4,53,54,56,59)/t40-,41?,42-/m0/s1. The summed E-state index contributed by atoms with van der Waals surface area (Å²) in [4.78, 5) is 120. The lowest BCUT2D eigenvalue weighted by atomic mass is 10.0. The largest absolute Gasteiger partial charge is 0.481 e. The Morgan fingerprint density at radius 2 is 1.15 bits per heavy atom. The number of hydrogen-bond acceptors (Lipinski definition) is 15. The molecule has 0 spiro atoms. The summed E-state index contributed by atoms with van der Waals surface area (Å²) in [5, 5.41) is 76.0. The number of unbranched alkanes of at least 4 members (excludes halogenated alkanes) is 8. The smallest absolute Gasteiger partial charge is 0.326 e. The van der Waals surface area contributed by atoms with Crippen LogP contribution in [0.5, 0.6) is 0 Å². The maximum Gasteiger partial charge on any atom is 0.326 e. The van der Waals surface area contributed by atoms with E-state index >= 15 is 0 Å². The third kappa shape index (κ3) is 29.8. The van der Waals surface area contributed by atoms with Crippen molar-refractivity contribution in [3.63, 3.8) is 0 Å². The predicted octanol–water partition coefficient (Wildman–Crippen LogP) is 0.419. The van der Waals surface area contributed by atoms with Gasteiger partial charge in [0.1, 0.15) is 12.3 Å². The molecule has 3 amide bonds. The lowest BCUT2D eigenvalue weighted by molar-refractivity contribution is -0.142. The van der Waals surface area contributed by atoms with Gasteiger partial charge in [-0.15, -0.1) is 0 Å². The number of anilines is 1. The first-order valence-electron chi connectivity index (χ1n) is 27.5. The maximum atomic E-state index is 12.3. The average molecular weight is 1130 g/mol. The second kappa shape index (κ2) is 37.8. The van der Waals surface area contributed by atoms with Crippen molar-refractivity contribution < 1.29 is 73.8 Å². The summed E-state index contributed by atoms with van der Waals surface area (Å²) in [6.45, 7) is 4.09. The Morgan fingerprint density at radius 3 is 1.71 bits per heavy atom. The van der Waals surface area contributed by atoms with E-state index in [2.05, 4.69) is 31.2 Å². The highest BCUT2D eigenvalue weighted by Gasteiger charge is 2.28. The third-order valence-corrected chi connectivity index (χ3v) is 13.8. The summed E-state index contributed by atoms with van der Waals surface area (Å²) in [6, 6.07) is 3.53. The summed E-state index contributed by atoms with van der Waals surface area (Å²) < 4.78 is 0. The molecule has 13 N–H and O–H groups in total. The molecule has 2 aliphatic rings. The minimum atomic E-state index is -1.25. The number of rotatable bonds is 34. The van der Waals surface area contributed by atoms with E-state index in [9.17, 15) is 68.7 Å². The number of carboxylic acids is 6. The summed E-state index contributed by atoms with van der Waals surface area (Å²) in [5.74, 6) is -6.73. The number of nitrogens with one attached hydrogen (secondary N) is 5. The second-order valence-electron chi connectivity index (χ2n) is 20.3. The highest BCUT2D eigenvalue weighted by Crippen LogP contribution is 2.17. The number of carbonyl (C=O) groups excluding carboxylic acids is 3. The number of hydrogen-bond donors (Lipinski definition) is 12. The van der Waals surface area contributed by atoms with Crippen molar-refractivity contribution in [2.45, 2.75) is 114 Å². The average Bonchev–Trinajstić information content (AvgIpc) is 3.39. The Labute approximate surface area is 466 Å². The Kier molecular flexibility index (Phi) is 31.8. The molecule has 2 aliphatic heterocycles. The Morgan fingerprint density at radius 1 is 0.613 bits per heavy atom. The predicted molar refractivity (Wildman–Crippen MR) is 295 cm³/mol. The van der Waals surface area contributed by atoms with Gasteiger partial charge in [0.05, 0.1) is 32.2 Å². The number of carbonyl (C=O) groups is 9. The van der Waals surface area contributed by atoms with Crippen LogP contribution < -0.4 is 27.0 Å². The molecule has 80 heavy (non-hydrogen) atoms. The van der Waals surface area contributed by atoms with Crippen LogP contribution in [0.2, 0.25) is 0 Å². The van der Waals surface area contributed by atoms with Gasteiger partial charge in [-0.2, -0.15) is 4.99 Å². The normalized spacial score (nSPS) is 17.4. The maximum absolute atomic E-state index is 12.3. The van der Waals surface area contributed by atoms with E-state index in [4.69, 9.17) is 16.2 Å². The van der Waals surface area contributed by atoms with Gasteiger partial charge in [-0.05, 0) is 69.2 Å². The number of aliphatic carboxylic acids is 6. The lowest BCUT2D eigenvalue weighted by Crippen LogP contribution is -2.53. The number of carboxylic acid groups (broad SMARTS) is 6. The zero-order valence-corrected chi connectivity index (χ0v) is 45.8. The number of benzene rings is 1. The molecule has 2 heterocycles. The molecule has 0 radical (unpaired) electrons. The van der Waals surface area contributed by atoms with E-state index < -0.39 is 60.0 Å². The highest BCUT2D eigenvalue weighted by molar-refractivity contribution is 6.00. The van der Waals surface area contributed by atoms with Gasteiger partial charge in [0.2, 0.25) is 17.8 Å².